The summed E-state index contributed by atoms with van der Waals surface area (Å²) in [6.45, 7) is 4.17. The highest BCUT2D eigenvalue weighted by Gasteiger charge is 2.12. The molecule has 5 nitrogen and oxygen atoms in total. The number of hydrogen-bond acceptors (Lipinski definition) is 5. The zero-order chi connectivity index (χ0) is 15.2. The predicted molar refractivity (Wildman–Crippen MR) is 84.4 cm³/mol. The van der Waals surface area contributed by atoms with E-state index in [9.17, 15) is 4.79 Å². The highest BCUT2D eigenvalue weighted by molar-refractivity contribution is 7.15. The first-order chi connectivity index (χ1) is 10.1. The van der Waals surface area contributed by atoms with Gasteiger partial charge in [0.2, 0.25) is 5.13 Å². The fourth-order valence-corrected chi connectivity index (χ4v) is 2.38. The molecule has 0 aliphatic heterocycles. The minimum absolute atomic E-state index is 0.206. The number of nitrogens with two attached hydrogens (primary N) is 1. The highest BCUT2D eigenvalue weighted by Crippen LogP contribution is 2.18. The second-order valence-corrected chi connectivity index (χ2v) is 5.41. The molecule has 0 bridgehead atoms. The van der Waals surface area contributed by atoms with Crippen LogP contribution in [0.4, 0.5) is 5.13 Å². The predicted octanol–water partition coefficient (Wildman–Crippen LogP) is 1.97. The van der Waals surface area contributed by atoms with Gasteiger partial charge in [-0.05, 0) is 31.0 Å². The Morgan fingerprint density at radius 1 is 1.43 bits per heavy atom. The third-order valence-corrected chi connectivity index (χ3v) is 3.79. The number of hydrogen-bond donors (Lipinski definition) is 2. The number of carbonyl (C=O) groups excluding carboxylic acids is 1. The molecule has 0 aliphatic carbocycles. The number of amides is 1. The molecule has 0 saturated heterocycles. The van der Waals surface area contributed by atoms with Crippen LogP contribution < -0.4 is 11.1 Å². The highest BCUT2D eigenvalue weighted by atomic mass is 32.1. The van der Waals surface area contributed by atoms with Crippen LogP contribution in [-0.2, 0) is 6.42 Å². The van der Waals surface area contributed by atoms with Crippen LogP contribution in [0.25, 0.3) is 0 Å². The third-order valence-electron chi connectivity index (χ3n) is 2.81. The van der Waals surface area contributed by atoms with Gasteiger partial charge in [-0.3, -0.25) is 10.1 Å². The van der Waals surface area contributed by atoms with E-state index in [1.54, 1.807) is 6.07 Å². The molecule has 0 aliphatic rings. The van der Waals surface area contributed by atoms with Gasteiger partial charge < -0.3 is 5.73 Å². The van der Waals surface area contributed by atoms with Gasteiger partial charge in [0, 0.05) is 11.1 Å². The van der Waals surface area contributed by atoms with E-state index >= 15 is 0 Å². The zero-order valence-electron chi connectivity index (χ0n) is 11.9. The fraction of sp³-hybridized carbons (Fsp3) is 0.267. The molecule has 108 valence electrons. The van der Waals surface area contributed by atoms with Gasteiger partial charge in [0.25, 0.3) is 5.91 Å². The summed E-state index contributed by atoms with van der Waals surface area (Å²) in [6, 6.07) is 5.50. The Labute approximate surface area is 127 Å². The van der Waals surface area contributed by atoms with E-state index in [0.29, 0.717) is 17.2 Å². The lowest BCUT2D eigenvalue weighted by atomic mass is 10.0. The van der Waals surface area contributed by atoms with E-state index in [4.69, 9.17) is 5.73 Å². The van der Waals surface area contributed by atoms with Gasteiger partial charge in [-0.15, -0.1) is 10.2 Å². The van der Waals surface area contributed by atoms with Crippen LogP contribution in [0, 0.1) is 18.8 Å². The summed E-state index contributed by atoms with van der Waals surface area (Å²) in [4.78, 5) is 12.3. The average Bonchev–Trinajstić information content (AvgIpc) is 2.94. The fourth-order valence-electron chi connectivity index (χ4n) is 1.71. The Hall–Kier alpha value is -2.23. The maximum absolute atomic E-state index is 12.3. The van der Waals surface area contributed by atoms with E-state index in [0.717, 1.165) is 22.6 Å². The monoisotopic (exact) mass is 300 g/mol. The van der Waals surface area contributed by atoms with Crippen molar-refractivity contribution < 1.29 is 4.79 Å². The van der Waals surface area contributed by atoms with Crippen LogP contribution in [0.15, 0.2) is 18.2 Å². The van der Waals surface area contributed by atoms with E-state index in [1.807, 2.05) is 26.0 Å². The Bertz CT molecular complexity index is 712. The van der Waals surface area contributed by atoms with E-state index in [1.165, 1.54) is 11.3 Å². The first-order valence-corrected chi connectivity index (χ1v) is 7.39. The van der Waals surface area contributed by atoms with Gasteiger partial charge in [0.05, 0.1) is 6.54 Å². The van der Waals surface area contributed by atoms with Crippen molar-refractivity contribution >= 4 is 22.4 Å². The second kappa shape index (κ2) is 6.97. The molecular weight excluding hydrogens is 284 g/mol. The van der Waals surface area contributed by atoms with Gasteiger partial charge >= 0.3 is 0 Å². The maximum Gasteiger partial charge on any atom is 0.257 e. The summed E-state index contributed by atoms with van der Waals surface area (Å²) in [5.41, 5.74) is 7.58. The summed E-state index contributed by atoms with van der Waals surface area (Å²) in [5.74, 6) is 5.49. The minimum atomic E-state index is -0.206. The number of aromatic nitrogens is 2. The van der Waals surface area contributed by atoms with Crippen LogP contribution in [0.2, 0.25) is 0 Å². The summed E-state index contributed by atoms with van der Waals surface area (Å²) in [5, 5.41) is 12.1. The topological polar surface area (TPSA) is 80.9 Å². The standard InChI is InChI=1S/C15H16N4OS/c1-3-13-18-19-15(21-13)17-14(20)12-9-11(5-4-8-16)7-6-10(12)2/h6-7,9H,3,8,16H2,1-2H3,(H,17,19,20). The van der Waals surface area contributed by atoms with Crippen LogP contribution >= 0.6 is 11.3 Å². The Morgan fingerprint density at radius 2 is 2.24 bits per heavy atom. The molecule has 0 spiro atoms. The number of anilines is 1. The van der Waals surface area contributed by atoms with Crippen molar-refractivity contribution in [2.75, 3.05) is 11.9 Å². The van der Waals surface area contributed by atoms with Gasteiger partial charge in [-0.25, -0.2) is 0 Å². The van der Waals surface area contributed by atoms with Gasteiger partial charge in [0.1, 0.15) is 5.01 Å². The van der Waals surface area contributed by atoms with Gasteiger partial charge in [-0.2, -0.15) is 0 Å². The van der Waals surface area contributed by atoms with E-state index in [-0.39, 0.29) is 5.91 Å². The first-order valence-electron chi connectivity index (χ1n) is 6.57. The SMILES string of the molecule is CCc1nnc(NC(=O)c2cc(C#CCN)ccc2C)s1. The first kappa shape index (κ1) is 15.2. The lowest BCUT2D eigenvalue weighted by molar-refractivity contribution is 0.102. The molecule has 1 amide bonds. The van der Waals surface area contributed by atoms with Crippen molar-refractivity contribution in [2.24, 2.45) is 5.73 Å². The quantitative estimate of drug-likeness (QED) is 0.849. The molecule has 0 saturated carbocycles. The molecule has 6 heteroatoms. The summed E-state index contributed by atoms with van der Waals surface area (Å²) in [6.07, 6.45) is 0.802. The number of aryl methyl sites for hydroxylation is 2. The summed E-state index contributed by atoms with van der Waals surface area (Å²) in [7, 11) is 0. The molecule has 0 fully saturated rings. The lowest BCUT2D eigenvalue weighted by Gasteiger charge is -2.05. The Balaban J connectivity index is 2.21. The number of carbonyl (C=O) groups is 1. The summed E-state index contributed by atoms with van der Waals surface area (Å²) >= 11 is 1.38. The molecule has 2 aromatic rings. The van der Waals surface area contributed by atoms with E-state index < -0.39 is 0 Å². The maximum atomic E-state index is 12.3. The molecule has 0 atom stereocenters. The smallest absolute Gasteiger partial charge is 0.257 e. The van der Waals surface area contributed by atoms with Gasteiger partial charge in [0.15, 0.2) is 0 Å². The normalized spacial score (nSPS) is 9.86. The molecule has 0 radical (unpaired) electrons. The van der Waals surface area contributed by atoms with Crippen molar-refractivity contribution in [1.29, 1.82) is 0 Å². The second-order valence-electron chi connectivity index (χ2n) is 4.34. The molecule has 1 heterocycles. The lowest BCUT2D eigenvalue weighted by Crippen LogP contribution is -2.13. The third kappa shape index (κ3) is 3.88. The largest absolute Gasteiger partial charge is 0.320 e. The van der Waals surface area contributed by atoms with Crippen molar-refractivity contribution in [1.82, 2.24) is 10.2 Å². The number of nitrogens with one attached hydrogen (secondary N) is 1. The summed E-state index contributed by atoms with van der Waals surface area (Å²) < 4.78 is 0. The van der Waals surface area contributed by atoms with E-state index in [2.05, 4.69) is 27.4 Å². The minimum Gasteiger partial charge on any atom is -0.320 e. The average molecular weight is 300 g/mol. The molecule has 21 heavy (non-hydrogen) atoms. The molecule has 3 N–H and O–H groups in total. The molecular formula is C15H16N4OS. The van der Waals surface area contributed by atoms with Crippen molar-refractivity contribution in [3.63, 3.8) is 0 Å². The molecule has 1 aromatic heterocycles. The Kier molecular flexibility index (Phi) is 5.04. The van der Waals surface area contributed by atoms with Crippen LogP contribution in [0.5, 0.6) is 0 Å². The number of rotatable bonds is 3. The Morgan fingerprint density at radius 3 is 2.90 bits per heavy atom. The number of benzene rings is 1. The molecule has 0 unspecified atom stereocenters. The number of nitrogens with zero attached hydrogens (tertiary/aromatic N) is 2. The molecule has 1 aromatic carbocycles. The zero-order valence-corrected chi connectivity index (χ0v) is 12.8. The van der Waals surface area contributed by atoms with Gasteiger partial charge in [-0.1, -0.05) is 36.2 Å². The van der Waals surface area contributed by atoms with Crippen LogP contribution in [-0.4, -0.2) is 22.6 Å². The van der Waals surface area contributed by atoms with Crippen molar-refractivity contribution in [2.45, 2.75) is 20.3 Å². The molecule has 2 rings (SSSR count). The van der Waals surface area contributed by atoms with Crippen LogP contribution in [0.3, 0.4) is 0 Å². The van der Waals surface area contributed by atoms with Crippen molar-refractivity contribution in [3.8, 4) is 11.8 Å². The van der Waals surface area contributed by atoms with Crippen molar-refractivity contribution in [3.05, 3.63) is 39.9 Å². The van der Waals surface area contributed by atoms with Crippen LogP contribution in [0.1, 0.15) is 33.4 Å².